The van der Waals surface area contributed by atoms with Crippen LogP contribution in [-0.2, 0) is 11.2 Å². The summed E-state index contributed by atoms with van der Waals surface area (Å²) in [7, 11) is 0. The fourth-order valence-electron chi connectivity index (χ4n) is 5.82. The van der Waals surface area contributed by atoms with Gasteiger partial charge in [0.15, 0.2) is 0 Å². The van der Waals surface area contributed by atoms with Crippen molar-refractivity contribution in [2.75, 3.05) is 25.0 Å². The zero-order valence-corrected chi connectivity index (χ0v) is 24.1. The summed E-state index contributed by atoms with van der Waals surface area (Å²) in [5, 5.41) is 3.77. The zero-order valence-electron chi connectivity index (χ0n) is 24.1. The highest BCUT2D eigenvalue weighted by Crippen LogP contribution is 2.35. The predicted molar refractivity (Wildman–Crippen MR) is 162 cm³/mol. The van der Waals surface area contributed by atoms with Gasteiger partial charge in [-0.15, -0.1) is 13.2 Å². The van der Waals surface area contributed by atoms with Crippen molar-refractivity contribution in [1.82, 2.24) is 9.88 Å². The molecule has 1 fully saturated rings. The summed E-state index contributed by atoms with van der Waals surface area (Å²) in [5.41, 5.74) is 5.91. The fourth-order valence-corrected chi connectivity index (χ4v) is 5.82. The number of aromatic nitrogens is 1. The van der Waals surface area contributed by atoms with E-state index in [-0.39, 0.29) is 17.6 Å². The van der Waals surface area contributed by atoms with Gasteiger partial charge in [-0.05, 0) is 105 Å². The Hall–Kier alpha value is -3.78. The van der Waals surface area contributed by atoms with Gasteiger partial charge in [-0.3, -0.25) is 4.79 Å². The zero-order chi connectivity index (χ0) is 29.7. The Morgan fingerprint density at radius 2 is 1.76 bits per heavy atom. The molecular weight excluding hydrogens is 539 g/mol. The highest BCUT2D eigenvalue weighted by molar-refractivity contribution is 5.92. The van der Waals surface area contributed by atoms with Crippen LogP contribution in [0.4, 0.5) is 18.9 Å². The van der Waals surface area contributed by atoms with Crippen LogP contribution in [0.2, 0.25) is 0 Å². The van der Waals surface area contributed by atoms with Crippen LogP contribution in [0.15, 0.2) is 72.8 Å². The summed E-state index contributed by atoms with van der Waals surface area (Å²) < 4.78 is 42.9. The molecule has 0 unspecified atom stereocenters. The summed E-state index contributed by atoms with van der Waals surface area (Å²) in [4.78, 5) is 18.0. The van der Waals surface area contributed by atoms with Gasteiger partial charge in [-0.2, -0.15) is 0 Å². The number of aromatic amines is 1. The van der Waals surface area contributed by atoms with E-state index in [9.17, 15) is 18.0 Å². The topological polar surface area (TPSA) is 57.4 Å². The molecule has 1 saturated heterocycles. The summed E-state index contributed by atoms with van der Waals surface area (Å²) in [6.07, 6.45) is 0.0986. The molecule has 4 aromatic rings. The highest BCUT2D eigenvalue weighted by atomic mass is 19.4. The number of hydrogen-bond acceptors (Lipinski definition) is 3. The maximum atomic E-state index is 12.9. The van der Waals surface area contributed by atoms with Crippen LogP contribution < -0.4 is 10.1 Å². The molecule has 0 bridgehead atoms. The number of rotatable bonds is 10. The van der Waals surface area contributed by atoms with Gasteiger partial charge in [0.2, 0.25) is 5.91 Å². The molecule has 5 rings (SSSR count). The van der Waals surface area contributed by atoms with Crippen molar-refractivity contribution in [3.05, 3.63) is 83.9 Å². The van der Waals surface area contributed by atoms with Crippen LogP contribution in [0.3, 0.4) is 0 Å². The van der Waals surface area contributed by atoms with E-state index in [2.05, 4.69) is 32.1 Å². The number of fused-ring (bicyclic) bond motifs is 1. The molecule has 2 heterocycles. The monoisotopic (exact) mass is 577 g/mol. The minimum atomic E-state index is -4.73. The van der Waals surface area contributed by atoms with E-state index in [1.165, 1.54) is 17.7 Å². The van der Waals surface area contributed by atoms with E-state index >= 15 is 0 Å². The maximum absolute atomic E-state index is 12.9. The summed E-state index contributed by atoms with van der Waals surface area (Å²) in [6, 6.07) is 22.6. The number of anilines is 1. The molecular formula is C34H38F3N3O2. The molecule has 222 valence electrons. The van der Waals surface area contributed by atoms with Crippen LogP contribution in [0, 0.1) is 5.92 Å². The molecule has 0 spiro atoms. The Bertz CT molecular complexity index is 1490. The van der Waals surface area contributed by atoms with E-state index in [1.807, 2.05) is 56.3 Å². The Kier molecular flexibility index (Phi) is 9.21. The number of amides is 1. The van der Waals surface area contributed by atoms with Crippen LogP contribution in [0.1, 0.15) is 56.6 Å². The molecule has 1 aliphatic rings. The van der Waals surface area contributed by atoms with Gasteiger partial charge in [0.25, 0.3) is 0 Å². The summed E-state index contributed by atoms with van der Waals surface area (Å²) in [5.74, 6) is 0.245. The molecule has 0 saturated carbocycles. The first-order valence-corrected chi connectivity index (χ1v) is 14.8. The summed E-state index contributed by atoms with van der Waals surface area (Å²) >= 11 is 0. The van der Waals surface area contributed by atoms with Gasteiger partial charge < -0.3 is 19.9 Å². The Labute approximate surface area is 245 Å². The van der Waals surface area contributed by atoms with E-state index < -0.39 is 6.36 Å². The first kappa shape index (κ1) is 29.7. The third-order valence-electron chi connectivity index (χ3n) is 8.06. The normalized spacial score (nSPS) is 14.9. The number of carbonyl (C=O) groups is 1. The lowest BCUT2D eigenvalue weighted by atomic mass is 9.89. The van der Waals surface area contributed by atoms with Gasteiger partial charge in [0.1, 0.15) is 5.75 Å². The first-order valence-electron chi connectivity index (χ1n) is 14.8. The molecule has 42 heavy (non-hydrogen) atoms. The van der Waals surface area contributed by atoms with Crippen molar-refractivity contribution in [2.24, 2.45) is 5.92 Å². The van der Waals surface area contributed by atoms with E-state index in [0.29, 0.717) is 5.92 Å². The maximum Gasteiger partial charge on any atom is 0.573 e. The highest BCUT2D eigenvalue weighted by Gasteiger charge is 2.31. The second-order valence-corrected chi connectivity index (χ2v) is 11.4. The predicted octanol–water partition coefficient (Wildman–Crippen LogP) is 8.53. The van der Waals surface area contributed by atoms with Gasteiger partial charge in [0, 0.05) is 28.2 Å². The third-order valence-corrected chi connectivity index (χ3v) is 8.06. The number of aryl methyl sites for hydroxylation is 1. The van der Waals surface area contributed by atoms with E-state index in [0.717, 1.165) is 85.1 Å². The number of nitrogens with one attached hydrogen (secondary N) is 2. The molecule has 1 amide bonds. The van der Waals surface area contributed by atoms with Gasteiger partial charge in [0.05, 0.1) is 0 Å². The number of piperidine rings is 1. The molecule has 0 atom stereocenters. The van der Waals surface area contributed by atoms with Crippen molar-refractivity contribution >= 4 is 22.5 Å². The third kappa shape index (κ3) is 7.53. The second-order valence-electron chi connectivity index (χ2n) is 11.4. The van der Waals surface area contributed by atoms with Crippen LogP contribution in [0.25, 0.3) is 22.2 Å². The average Bonchev–Trinajstić information content (AvgIpc) is 3.33. The van der Waals surface area contributed by atoms with Crippen LogP contribution in [-0.4, -0.2) is 41.8 Å². The molecule has 8 heteroatoms. The number of alkyl halides is 3. The van der Waals surface area contributed by atoms with Crippen molar-refractivity contribution < 1.29 is 22.7 Å². The lowest BCUT2D eigenvalue weighted by molar-refractivity contribution is -0.274. The average molecular weight is 578 g/mol. The number of nitrogens with zero attached hydrogens (tertiary/aromatic N) is 1. The van der Waals surface area contributed by atoms with Crippen molar-refractivity contribution in [3.8, 4) is 17.0 Å². The second kappa shape index (κ2) is 13.0. The van der Waals surface area contributed by atoms with Crippen molar-refractivity contribution in [2.45, 2.75) is 58.2 Å². The number of unbranched alkanes of at least 4 members (excludes halogenated alkanes) is 1. The molecule has 3 aromatic carbocycles. The fraction of sp³-hybridized carbons (Fsp3) is 0.382. The minimum Gasteiger partial charge on any atom is -0.406 e. The van der Waals surface area contributed by atoms with Crippen molar-refractivity contribution in [1.29, 1.82) is 0 Å². The quantitative estimate of drug-likeness (QED) is 0.186. The molecule has 1 aromatic heterocycles. The summed E-state index contributed by atoms with van der Waals surface area (Å²) in [6.45, 7) is 6.81. The standard InChI is InChI=1S/C34H38F3N3O2/c1-23(2)33(41)38-27-12-8-11-26(21-27)24-16-19-40(20-17-24)18-7-6-13-29-30-22-28(42-34(35,36)37)14-15-31(30)39-32(29)25-9-4-3-5-10-25/h3-5,8-12,14-15,21-24,39H,6-7,13,16-20H2,1-2H3,(H,38,41). The lowest BCUT2D eigenvalue weighted by Crippen LogP contribution is -2.33. The minimum absolute atomic E-state index is 0.0283. The molecule has 5 nitrogen and oxygen atoms in total. The van der Waals surface area contributed by atoms with Crippen LogP contribution in [0.5, 0.6) is 5.75 Å². The molecule has 0 aliphatic carbocycles. The number of likely N-dealkylation sites (tertiary alicyclic amines) is 1. The van der Waals surface area contributed by atoms with E-state index in [4.69, 9.17) is 0 Å². The Morgan fingerprint density at radius 1 is 1.00 bits per heavy atom. The largest absolute Gasteiger partial charge is 0.573 e. The molecule has 2 N–H and O–H groups in total. The Balaban J connectivity index is 1.19. The van der Waals surface area contributed by atoms with Gasteiger partial charge in [-0.25, -0.2) is 0 Å². The van der Waals surface area contributed by atoms with E-state index in [1.54, 1.807) is 6.07 Å². The first-order chi connectivity index (χ1) is 20.2. The smallest absolute Gasteiger partial charge is 0.406 e. The number of benzene rings is 3. The van der Waals surface area contributed by atoms with Gasteiger partial charge in [-0.1, -0.05) is 56.3 Å². The molecule has 1 aliphatic heterocycles. The SMILES string of the molecule is CC(C)C(=O)Nc1cccc(C2CCN(CCCCc3c(-c4ccccc4)[nH]c4ccc(OC(F)(F)F)cc34)CC2)c1. The number of carbonyl (C=O) groups excluding carboxylic acids is 1. The molecule has 0 radical (unpaired) electrons. The number of hydrogen-bond donors (Lipinski definition) is 2. The number of halogens is 3. The van der Waals surface area contributed by atoms with Crippen molar-refractivity contribution in [3.63, 3.8) is 0 Å². The van der Waals surface area contributed by atoms with Gasteiger partial charge >= 0.3 is 6.36 Å². The van der Waals surface area contributed by atoms with Crippen LogP contribution >= 0.6 is 0 Å². The Morgan fingerprint density at radius 3 is 2.48 bits per heavy atom. The lowest BCUT2D eigenvalue weighted by Gasteiger charge is -2.32. The number of ether oxygens (including phenoxy) is 1. The number of H-pyrrole nitrogens is 1.